The number of carbonyl (C=O) groups excluding carboxylic acids is 3. The topological polar surface area (TPSA) is 90.0 Å². The number of amides is 2. The average Bonchev–Trinajstić information content (AvgIpc) is 1.54. The molecule has 8 aromatic heterocycles. The molecule has 2 aliphatic rings. The van der Waals surface area contributed by atoms with Crippen molar-refractivity contribution in [3.8, 4) is 58.5 Å². The van der Waals surface area contributed by atoms with Gasteiger partial charge in [-0.15, -0.1) is 90.7 Å². The molecule has 722 valence electrons. The Morgan fingerprint density at radius 3 is 0.840 bits per heavy atom. The number of rotatable bonds is 70. The van der Waals surface area contributed by atoms with Crippen molar-refractivity contribution in [2.75, 3.05) is 24.7 Å². The molecular formula is C112H170FIK2N2O5S8. The Balaban J connectivity index is 0.00000121. The van der Waals surface area contributed by atoms with Crippen LogP contribution in [0, 0.1) is 17.8 Å². The van der Waals surface area contributed by atoms with Crippen molar-refractivity contribution >= 4 is 143 Å². The molecule has 0 radical (unpaired) electrons. The van der Waals surface area contributed by atoms with E-state index in [0.29, 0.717) is 36.1 Å². The van der Waals surface area contributed by atoms with Gasteiger partial charge in [0.2, 0.25) is 0 Å². The number of alkyl halides is 2. The normalized spacial score (nSPS) is 13.2. The van der Waals surface area contributed by atoms with Gasteiger partial charge in [0.15, 0.2) is 0 Å². The Kier molecular flexibility index (Phi) is 67.6. The monoisotopic (exact) mass is 2100 g/mol. The second-order valence-corrected chi connectivity index (χ2v) is 46.0. The third-order valence-electron chi connectivity index (χ3n) is 26.2. The van der Waals surface area contributed by atoms with E-state index in [0.717, 1.165) is 91.3 Å². The Morgan fingerprint density at radius 1 is 0.344 bits per heavy atom. The predicted molar refractivity (Wildman–Crippen MR) is 582 cm³/mol. The zero-order chi connectivity index (χ0) is 93.1. The number of halogens is 2. The van der Waals surface area contributed by atoms with E-state index >= 15 is 9.59 Å². The van der Waals surface area contributed by atoms with Gasteiger partial charge in [0.05, 0.1) is 40.8 Å². The molecule has 0 aromatic carbocycles. The third kappa shape index (κ3) is 41.7. The molecular weight excluding hydrogens is 1930 g/mol. The summed E-state index contributed by atoms with van der Waals surface area (Å²) in [5.41, 5.74) is 8.95. The molecule has 3 unspecified atom stereocenters. The first kappa shape index (κ1) is 119. The summed E-state index contributed by atoms with van der Waals surface area (Å²) in [5, 5.41) is 13.0. The predicted octanol–water partition coefficient (Wildman–Crippen LogP) is 33.1. The summed E-state index contributed by atoms with van der Waals surface area (Å²) in [5.74, 6) is 1.83. The molecule has 0 bridgehead atoms. The van der Waals surface area contributed by atoms with Gasteiger partial charge >= 0.3 is 103 Å². The zero-order valence-corrected chi connectivity index (χ0v) is 98.7. The Morgan fingerprint density at radius 2 is 0.573 bits per heavy atom. The van der Waals surface area contributed by atoms with Crippen molar-refractivity contribution in [1.82, 2.24) is 9.80 Å². The third-order valence-corrected chi connectivity index (χ3v) is 37.2. The van der Waals surface area contributed by atoms with Crippen molar-refractivity contribution in [3.63, 3.8) is 0 Å². The first-order valence-electron chi connectivity index (χ1n) is 52.6. The van der Waals surface area contributed by atoms with Crippen molar-refractivity contribution in [3.05, 3.63) is 127 Å². The molecule has 0 aliphatic carbocycles. The molecule has 10 rings (SSSR count). The first-order chi connectivity index (χ1) is 63.8. The fraction of sp³-hybridized carbons (Fsp3) is 0.652. The number of hydrogen-bond donors (Lipinski definition) is 0. The second-order valence-electron chi connectivity index (χ2n) is 36.8. The molecule has 2 aliphatic heterocycles. The van der Waals surface area contributed by atoms with Crippen LogP contribution in [-0.4, -0.2) is 52.8 Å². The van der Waals surface area contributed by atoms with E-state index in [1.165, 1.54) is 381 Å². The van der Waals surface area contributed by atoms with Gasteiger partial charge < -0.3 is 21.4 Å². The Hall–Kier alpha value is -0.617. The molecule has 0 saturated carbocycles. The van der Waals surface area contributed by atoms with Crippen LogP contribution in [-0.2, 0) is 45.0 Å². The summed E-state index contributed by atoms with van der Waals surface area (Å²) >= 11 is 17.9. The zero-order valence-electron chi connectivity index (χ0n) is 85.8. The van der Waals surface area contributed by atoms with Crippen LogP contribution in [0.1, 0.15) is 438 Å². The van der Waals surface area contributed by atoms with Gasteiger partial charge in [0, 0.05) is 76.0 Å². The number of fused-ring (bicyclic) bond motifs is 1. The number of unbranched alkanes of at least 4 members (excludes halogenated alkanes) is 36. The molecule has 19 heteroatoms. The number of hydrogen-bond acceptors (Lipinski definition) is 13. The summed E-state index contributed by atoms with van der Waals surface area (Å²) in [6.45, 7) is 24.2. The van der Waals surface area contributed by atoms with Crippen LogP contribution in [0.3, 0.4) is 0 Å². The maximum absolute atomic E-state index is 17.0. The van der Waals surface area contributed by atoms with E-state index in [9.17, 15) is 4.39 Å². The molecule has 2 amide bonds. The van der Waals surface area contributed by atoms with Gasteiger partial charge in [-0.1, -0.05) is 362 Å². The Labute approximate surface area is 931 Å². The molecule has 10 heterocycles. The van der Waals surface area contributed by atoms with Crippen molar-refractivity contribution in [2.24, 2.45) is 17.8 Å². The van der Waals surface area contributed by atoms with Crippen LogP contribution in [0.25, 0.3) is 69.9 Å². The van der Waals surface area contributed by atoms with E-state index in [-0.39, 0.29) is 122 Å². The molecule has 0 saturated heterocycles. The van der Waals surface area contributed by atoms with Crippen LogP contribution >= 0.6 is 113 Å². The smallest absolute Gasteiger partial charge is 1.00 e. The minimum absolute atomic E-state index is 0. The van der Waals surface area contributed by atoms with E-state index in [1.807, 2.05) is 90.7 Å². The van der Waals surface area contributed by atoms with E-state index in [2.05, 4.69) is 190 Å². The van der Waals surface area contributed by atoms with Crippen molar-refractivity contribution in [1.29, 1.82) is 0 Å². The molecule has 131 heavy (non-hydrogen) atoms. The van der Waals surface area contributed by atoms with Crippen molar-refractivity contribution in [2.45, 2.75) is 429 Å². The van der Waals surface area contributed by atoms with Gasteiger partial charge in [0.1, 0.15) is 0 Å². The van der Waals surface area contributed by atoms with Gasteiger partial charge in [-0.05, 0) is 213 Å². The molecule has 8 aromatic rings. The number of carbonyl (C=O) groups is 3. The van der Waals surface area contributed by atoms with Crippen LogP contribution in [0.2, 0.25) is 0 Å². The maximum atomic E-state index is 17.0. The van der Waals surface area contributed by atoms with Crippen LogP contribution in [0.5, 0.6) is 0 Å². The summed E-state index contributed by atoms with van der Waals surface area (Å²) < 4.78 is 16.9. The van der Waals surface area contributed by atoms with Gasteiger partial charge in [0.25, 0.3) is 18.3 Å². The fourth-order valence-corrected chi connectivity index (χ4v) is 28.8. The summed E-state index contributed by atoms with van der Waals surface area (Å²) in [6.07, 6.45) is 70.6. The van der Waals surface area contributed by atoms with E-state index < -0.39 is 7.15 Å². The largest absolute Gasteiger partial charge is 1.00 e. The molecule has 0 N–H and O–H groups in total. The quantitative estimate of drug-likeness (QED) is 0.00721. The minimum atomic E-state index is -1.00. The summed E-state index contributed by atoms with van der Waals surface area (Å²) in [4.78, 5) is 68.1. The molecule has 0 spiro atoms. The van der Waals surface area contributed by atoms with E-state index in [4.69, 9.17) is 11.4 Å². The number of thiophene rings is 8. The number of aryl methyl sites for hydroxylation is 4. The van der Waals surface area contributed by atoms with E-state index in [1.54, 1.807) is 0 Å². The van der Waals surface area contributed by atoms with Gasteiger partial charge in [-0.2, -0.15) is 0 Å². The van der Waals surface area contributed by atoms with Crippen LogP contribution in [0.4, 0.5) is 4.39 Å². The standard InChI is InChI=1S/C94H132N2O2S8.C16H33I.CH3F.CH2O3.2K.H/c1-9-17-25-33-35-39-47-69(45-37-27-19-11-3)67-95-87(83-65-73(51-43-31-23-15-7)91(105-83)81-59-55-77(103-81)75-53-57-79(101-75)89-71(61-63-99-89)49-41-29-21-13-5)85-86(93(95)97)88(96(94(85)98)68-70(46-38-28-20-12-4)48-40-36-34-26-18-10-2)84-66-74(52-44-32-24-16-8)92(106-84)82-60-56-78(104-82)76-54-58-80(102-76)90-72(62-64-100-90)50-42-30-22-14-6;1-3-5-7-9-10-12-14-16(15-17)13-11-8-6-4-2;1-2;2-1-4-3;;;/h53-66,69-70H,9-52,67-68H2,1-8H3;16H,3-15H2,1-2H3;1H3;1,3H;;;/q;;;;2*+1;-1/p-1/i;;1D;;;;. The minimum Gasteiger partial charge on any atom is -1.00 e. The Bertz CT molecular complexity index is 4140. The molecule has 3 atom stereocenters. The first-order valence-corrected chi connectivity index (χ1v) is 60.1. The van der Waals surface area contributed by atoms with Gasteiger partial charge in [-0.25, -0.2) is 0 Å². The maximum Gasteiger partial charge on any atom is 1.00 e. The average molecular weight is 2110 g/mol. The van der Waals surface area contributed by atoms with Crippen LogP contribution in [0.15, 0.2) is 94.7 Å². The molecule has 0 fully saturated rings. The number of nitrogens with zero attached hydrogens (tertiary/aromatic N) is 2. The second kappa shape index (κ2) is 74.3. The van der Waals surface area contributed by atoms with Crippen molar-refractivity contribution < 1.29 is 134 Å². The van der Waals surface area contributed by atoms with Crippen LogP contribution < -0.4 is 108 Å². The SMILES string of the molecule is CCCCCCCCC(CCCCCC)CN1C(=O)C2=C(c3cc(CCCCCC)c(-c4ccc(-c5ccc(-c6sccc6CCCCCC)s5)s4)s3)N(CC(CCCCCC)CCCCCCCC)C(=O)C2=C1c1cc(CCCCCC)c(-c2ccc(-c3ccc(-c4sccc4CCCCCC)s3)s2)s1.CCCCCCCCC(CI)CCCCCC.O=CO[O-].[2H]CF.[H-].[K+].[K+]. The molecule has 7 nitrogen and oxygen atoms in total. The fourth-order valence-electron chi connectivity index (χ4n) is 18.7. The van der Waals surface area contributed by atoms with Gasteiger partial charge in [-0.3, -0.25) is 18.8 Å². The summed E-state index contributed by atoms with van der Waals surface area (Å²) in [6, 6.07) is 28.7. The summed E-state index contributed by atoms with van der Waals surface area (Å²) in [7, 11) is -1.00.